The molecule has 0 saturated heterocycles. The van der Waals surface area contributed by atoms with Crippen LogP contribution in [0.25, 0.3) is 0 Å². The molecule has 6 aliphatic carbocycles. The number of carbonyl (C=O) groups is 2. The van der Waals surface area contributed by atoms with Gasteiger partial charge in [-0.25, -0.2) is 4.39 Å². The van der Waals surface area contributed by atoms with E-state index in [1.807, 2.05) is 6.07 Å². The number of rotatable bonds is 6. The van der Waals surface area contributed by atoms with Crippen LogP contribution in [0.15, 0.2) is 6.07 Å². The highest BCUT2D eigenvalue weighted by atomic mass is 19.1. The lowest BCUT2D eigenvalue weighted by atomic mass is 9.47. The van der Waals surface area contributed by atoms with Crippen LogP contribution in [0.2, 0.25) is 0 Å². The predicted octanol–water partition coefficient (Wildman–Crippen LogP) is 5.56. The topological polar surface area (TPSA) is 52.6 Å². The molecule has 1 aromatic carbocycles. The minimum atomic E-state index is -0.511. The van der Waals surface area contributed by atoms with Crippen molar-refractivity contribution in [2.24, 2.45) is 29.6 Å². The third kappa shape index (κ3) is 2.99. The summed E-state index contributed by atoms with van der Waals surface area (Å²) in [5.74, 6) is 0.878. The summed E-state index contributed by atoms with van der Waals surface area (Å²) in [6, 6.07) is 1.86. The van der Waals surface area contributed by atoms with Crippen molar-refractivity contribution in [1.82, 2.24) is 0 Å². The molecule has 1 aromatic rings. The molecular formula is C27H33FO4. The van der Waals surface area contributed by atoms with Crippen molar-refractivity contribution < 1.29 is 23.5 Å². The van der Waals surface area contributed by atoms with Crippen molar-refractivity contribution in [1.29, 1.82) is 0 Å². The van der Waals surface area contributed by atoms with Crippen LogP contribution in [0.1, 0.15) is 91.6 Å². The highest BCUT2D eigenvalue weighted by Crippen LogP contribution is 2.64. The van der Waals surface area contributed by atoms with E-state index in [2.05, 4.69) is 0 Å². The Morgan fingerprint density at radius 2 is 1.53 bits per heavy atom. The van der Waals surface area contributed by atoms with Gasteiger partial charge < -0.3 is 9.47 Å². The van der Waals surface area contributed by atoms with Crippen molar-refractivity contribution in [3.63, 3.8) is 0 Å². The number of halogens is 1. The predicted molar refractivity (Wildman–Crippen MR) is 117 cm³/mol. The van der Waals surface area contributed by atoms with Crippen LogP contribution in [0.5, 0.6) is 5.75 Å². The van der Waals surface area contributed by atoms with Gasteiger partial charge in [-0.2, -0.15) is 0 Å². The molecule has 0 spiro atoms. The van der Waals surface area contributed by atoms with Crippen molar-refractivity contribution in [2.45, 2.75) is 75.5 Å². The lowest BCUT2D eigenvalue weighted by Crippen LogP contribution is -2.49. The van der Waals surface area contributed by atoms with Crippen LogP contribution in [0.4, 0.5) is 4.39 Å². The van der Waals surface area contributed by atoms with Crippen LogP contribution < -0.4 is 4.74 Å². The van der Waals surface area contributed by atoms with Gasteiger partial charge in [0.2, 0.25) is 0 Å². The first-order valence-corrected chi connectivity index (χ1v) is 12.5. The lowest BCUT2D eigenvalue weighted by Gasteiger charge is -2.57. The van der Waals surface area contributed by atoms with E-state index in [9.17, 15) is 9.59 Å². The molecule has 5 heteroatoms. The zero-order valence-electron chi connectivity index (χ0n) is 19.1. The number of benzene rings is 1. The monoisotopic (exact) mass is 440 g/mol. The first-order chi connectivity index (χ1) is 15.4. The summed E-state index contributed by atoms with van der Waals surface area (Å²) >= 11 is 0. The first-order valence-electron chi connectivity index (χ1n) is 12.5. The van der Waals surface area contributed by atoms with Gasteiger partial charge in [0.15, 0.2) is 17.3 Å². The number of methoxy groups -OCH3 is 2. The third-order valence-electron chi connectivity index (χ3n) is 9.42. The number of ketones is 1. The quantitative estimate of drug-likeness (QED) is 0.429. The average molecular weight is 441 g/mol. The first kappa shape index (κ1) is 20.7. The van der Waals surface area contributed by atoms with Crippen molar-refractivity contribution in [3.8, 4) is 5.75 Å². The fourth-order valence-electron chi connectivity index (χ4n) is 8.15. The largest absolute Gasteiger partial charge is 0.493 e. The Balaban J connectivity index is 1.44. The molecule has 172 valence electrons. The molecular weight excluding hydrogens is 407 g/mol. The summed E-state index contributed by atoms with van der Waals surface area (Å²) < 4.78 is 26.6. The summed E-state index contributed by atoms with van der Waals surface area (Å²) in [6.45, 7) is 0. The molecule has 0 amide bonds. The molecule has 6 saturated carbocycles. The zero-order valence-corrected chi connectivity index (χ0v) is 19.1. The lowest BCUT2D eigenvalue weighted by molar-refractivity contribution is -0.150. The van der Waals surface area contributed by atoms with E-state index in [-0.39, 0.29) is 22.7 Å². The highest BCUT2D eigenvalue weighted by molar-refractivity contribution is 6.02. The van der Waals surface area contributed by atoms with Gasteiger partial charge >= 0.3 is 5.97 Å². The molecule has 0 heterocycles. The molecule has 32 heavy (non-hydrogen) atoms. The standard InChI is InChI=1S/C27H33FO4/c1-31-25-22(27-11-14-7-15(12-27)9-16(8-14)13-27)20(17-3-4-17)10-21(23(25)28)24(29)18-5-6-19(18)26(30)32-2/h10,14-19H,3-9,11-13H2,1-2H3. The second-order valence-electron chi connectivity index (χ2n) is 11.4. The van der Waals surface area contributed by atoms with E-state index in [1.54, 1.807) is 7.11 Å². The highest BCUT2D eigenvalue weighted by Gasteiger charge is 2.54. The Hall–Kier alpha value is -1.91. The fraction of sp³-hybridized carbons (Fsp3) is 0.704. The van der Waals surface area contributed by atoms with Crippen molar-refractivity contribution in [3.05, 3.63) is 28.6 Å². The summed E-state index contributed by atoms with van der Waals surface area (Å²) in [7, 11) is 2.89. The Morgan fingerprint density at radius 1 is 0.938 bits per heavy atom. The number of hydrogen-bond acceptors (Lipinski definition) is 4. The Bertz CT molecular complexity index is 943. The van der Waals surface area contributed by atoms with Crippen LogP contribution in [-0.4, -0.2) is 26.0 Å². The summed E-state index contributed by atoms with van der Waals surface area (Å²) in [6.07, 6.45) is 10.8. The smallest absolute Gasteiger partial charge is 0.309 e. The number of Topliss-reactive ketones (excluding diaryl/α,β-unsaturated/α-hetero) is 1. The van der Waals surface area contributed by atoms with Gasteiger partial charge in [-0.05, 0) is 99.5 Å². The molecule has 6 aliphatic rings. The molecule has 0 aliphatic heterocycles. The van der Waals surface area contributed by atoms with Gasteiger partial charge in [0.25, 0.3) is 0 Å². The molecule has 0 radical (unpaired) electrons. The van der Waals surface area contributed by atoms with E-state index in [4.69, 9.17) is 9.47 Å². The molecule has 4 nitrogen and oxygen atoms in total. The van der Waals surface area contributed by atoms with Gasteiger partial charge in [0.05, 0.1) is 25.7 Å². The molecule has 0 aromatic heterocycles. The molecule has 6 fully saturated rings. The molecule has 2 atom stereocenters. The second-order valence-corrected chi connectivity index (χ2v) is 11.4. The van der Waals surface area contributed by atoms with Crippen molar-refractivity contribution >= 4 is 11.8 Å². The Morgan fingerprint density at radius 3 is 2.00 bits per heavy atom. The van der Waals surface area contributed by atoms with Crippen LogP contribution in [0.3, 0.4) is 0 Å². The van der Waals surface area contributed by atoms with Crippen LogP contribution in [-0.2, 0) is 14.9 Å². The fourth-order valence-corrected chi connectivity index (χ4v) is 8.15. The number of hydrogen-bond donors (Lipinski definition) is 0. The second kappa shape index (κ2) is 7.30. The van der Waals surface area contributed by atoms with Gasteiger partial charge in [0, 0.05) is 16.9 Å². The van der Waals surface area contributed by atoms with Gasteiger partial charge in [-0.15, -0.1) is 0 Å². The van der Waals surface area contributed by atoms with Gasteiger partial charge in [-0.1, -0.05) is 0 Å². The van der Waals surface area contributed by atoms with Crippen molar-refractivity contribution in [2.75, 3.05) is 14.2 Å². The van der Waals surface area contributed by atoms with Gasteiger partial charge in [0.1, 0.15) is 0 Å². The minimum absolute atomic E-state index is 0.00541. The van der Waals surface area contributed by atoms with E-state index in [1.165, 1.54) is 26.4 Å². The van der Waals surface area contributed by atoms with E-state index in [0.717, 1.165) is 61.0 Å². The Labute approximate surface area is 189 Å². The van der Waals surface area contributed by atoms with Crippen LogP contribution >= 0.6 is 0 Å². The maximum Gasteiger partial charge on any atom is 0.309 e. The van der Waals surface area contributed by atoms with E-state index in [0.29, 0.717) is 24.5 Å². The Kier molecular flexibility index (Phi) is 4.71. The summed E-state index contributed by atoms with van der Waals surface area (Å²) in [5, 5.41) is 0. The summed E-state index contributed by atoms with van der Waals surface area (Å²) in [5.41, 5.74) is 2.37. The summed E-state index contributed by atoms with van der Waals surface area (Å²) in [4.78, 5) is 25.5. The van der Waals surface area contributed by atoms with E-state index < -0.39 is 17.7 Å². The minimum Gasteiger partial charge on any atom is -0.493 e. The molecule has 7 rings (SSSR count). The SMILES string of the molecule is COC(=O)C1CCC1C(=O)c1cc(C2CC2)c(C23CC4CC(CC(C4)C2)C3)c(OC)c1F. The zero-order chi connectivity index (χ0) is 22.2. The average Bonchev–Trinajstić information content (AvgIpc) is 3.56. The van der Waals surface area contributed by atoms with Gasteiger partial charge in [-0.3, -0.25) is 9.59 Å². The molecule has 4 bridgehead atoms. The normalized spacial score (nSPS) is 37.2. The molecule has 2 unspecified atom stereocenters. The van der Waals surface area contributed by atoms with E-state index >= 15 is 4.39 Å². The van der Waals surface area contributed by atoms with Crippen LogP contribution in [0, 0.1) is 35.4 Å². The number of carbonyl (C=O) groups excluding carboxylic acids is 2. The maximum atomic E-state index is 16.0. The third-order valence-corrected chi connectivity index (χ3v) is 9.42. The number of esters is 1. The number of ether oxygens (including phenoxy) is 2. The molecule has 0 N–H and O–H groups in total. The maximum absolute atomic E-state index is 16.0.